The molecule has 0 bridgehead atoms. The van der Waals surface area contributed by atoms with Crippen molar-refractivity contribution < 1.29 is 4.79 Å². The number of anilines is 1. The van der Waals surface area contributed by atoms with Crippen molar-refractivity contribution in [3.8, 4) is 0 Å². The Balaban J connectivity index is 1.81. The van der Waals surface area contributed by atoms with Crippen molar-refractivity contribution >= 4 is 33.7 Å². The molecule has 2 aromatic rings. The van der Waals surface area contributed by atoms with Crippen molar-refractivity contribution in [2.24, 2.45) is 0 Å². The van der Waals surface area contributed by atoms with Gasteiger partial charge in [0.15, 0.2) is 0 Å². The van der Waals surface area contributed by atoms with Gasteiger partial charge in [-0.2, -0.15) is 0 Å². The summed E-state index contributed by atoms with van der Waals surface area (Å²) in [7, 11) is 0. The predicted molar refractivity (Wildman–Crippen MR) is 100 cm³/mol. The van der Waals surface area contributed by atoms with Gasteiger partial charge in [0.2, 0.25) is 0 Å². The molecule has 2 rings (SSSR count). The third-order valence-corrected chi connectivity index (χ3v) is 3.92. The van der Waals surface area contributed by atoms with Crippen molar-refractivity contribution in [2.75, 3.05) is 5.32 Å². The van der Waals surface area contributed by atoms with E-state index in [1.165, 1.54) is 18.4 Å². The van der Waals surface area contributed by atoms with Gasteiger partial charge in [-0.05, 0) is 54.3 Å². The minimum Gasteiger partial charge on any atom is -0.314 e. The molecular weight excluding hydrogens is 352 g/mol. The molecule has 0 spiro atoms. The smallest absolute Gasteiger partial charge is 0.314 e. The summed E-state index contributed by atoms with van der Waals surface area (Å²) in [5.41, 5.74) is 3.11. The molecule has 0 saturated carbocycles. The molecule has 0 aromatic heterocycles. The lowest BCUT2D eigenvalue weighted by atomic mass is 10.1. The summed E-state index contributed by atoms with van der Waals surface area (Å²) in [5, 5.41) is 5.51. The quantitative estimate of drug-likeness (QED) is 0.682. The fraction of sp³-hybridized carbons (Fsp3) is 0.211. The van der Waals surface area contributed by atoms with Gasteiger partial charge in [0.25, 0.3) is 0 Å². The molecule has 2 amide bonds. The van der Waals surface area contributed by atoms with E-state index in [-0.39, 0.29) is 6.03 Å². The largest absolute Gasteiger partial charge is 0.323 e. The number of carbonyl (C=O) groups is 1. The first-order valence-electron chi connectivity index (χ1n) is 7.76. The van der Waals surface area contributed by atoms with Gasteiger partial charge in [-0.15, -0.1) is 0 Å². The van der Waals surface area contributed by atoms with Crippen LogP contribution in [0.2, 0.25) is 0 Å². The summed E-state index contributed by atoms with van der Waals surface area (Å²) in [6.45, 7) is 2.18. The van der Waals surface area contributed by atoms with Crippen LogP contribution < -0.4 is 10.6 Å². The third kappa shape index (κ3) is 6.28. The Kier molecular flexibility index (Phi) is 6.88. The van der Waals surface area contributed by atoms with E-state index in [0.29, 0.717) is 0 Å². The molecule has 0 saturated heterocycles. The van der Waals surface area contributed by atoms with E-state index in [9.17, 15) is 4.79 Å². The van der Waals surface area contributed by atoms with Gasteiger partial charge in [0, 0.05) is 16.4 Å². The summed E-state index contributed by atoms with van der Waals surface area (Å²) in [4.78, 5) is 11.8. The summed E-state index contributed by atoms with van der Waals surface area (Å²) in [6, 6.07) is 15.6. The fourth-order valence-electron chi connectivity index (χ4n) is 2.09. The first-order chi connectivity index (χ1) is 11.2. The standard InChI is InChI=1S/C19H21BrN2O/c1-2-3-4-15-7-11-18(12-8-15)22-19(23)21-14-13-16-5-9-17(20)10-6-16/h5-14H,2-4H2,1H3,(H2,21,22,23)/b14-13+. The molecule has 3 nitrogen and oxygen atoms in total. The number of hydrogen-bond donors (Lipinski definition) is 2. The van der Waals surface area contributed by atoms with Crippen molar-refractivity contribution in [3.05, 3.63) is 70.3 Å². The maximum absolute atomic E-state index is 11.8. The average Bonchev–Trinajstić information content (AvgIpc) is 2.56. The number of carbonyl (C=O) groups excluding carboxylic acids is 1. The minimum atomic E-state index is -0.250. The van der Waals surface area contributed by atoms with Crippen LogP contribution in [0.3, 0.4) is 0 Å². The third-order valence-electron chi connectivity index (χ3n) is 3.39. The summed E-state index contributed by atoms with van der Waals surface area (Å²) in [5.74, 6) is 0. The van der Waals surface area contributed by atoms with Crippen LogP contribution in [0.5, 0.6) is 0 Å². The Morgan fingerprint density at radius 1 is 1.09 bits per heavy atom. The van der Waals surface area contributed by atoms with Gasteiger partial charge >= 0.3 is 6.03 Å². The minimum absolute atomic E-state index is 0.250. The van der Waals surface area contributed by atoms with Crippen LogP contribution in [0.4, 0.5) is 10.5 Å². The average molecular weight is 373 g/mol. The van der Waals surface area contributed by atoms with Crippen LogP contribution in [-0.2, 0) is 6.42 Å². The van der Waals surface area contributed by atoms with Gasteiger partial charge in [-0.25, -0.2) is 4.79 Å². The summed E-state index contributed by atoms with van der Waals surface area (Å²) in [6.07, 6.45) is 6.94. The number of aryl methyl sites for hydroxylation is 1. The number of amides is 2. The predicted octanol–water partition coefficient (Wildman–Crippen LogP) is 5.58. The normalized spacial score (nSPS) is 10.7. The first kappa shape index (κ1) is 17.3. The van der Waals surface area contributed by atoms with Crippen molar-refractivity contribution in [1.82, 2.24) is 5.32 Å². The van der Waals surface area contributed by atoms with Crippen LogP contribution in [0.1, 0.15) is 30.9 Å². The molecule has 4 heteroatoms. The van der Waals surface area contributed by atoms with E-state index in [1.807, 2.05) is 42.5 Å². The van der Waals surface area contributed by atoms with Crippen LogP contribution >= 0.6 is 15.9 Å². The maximum atomic E-state index is 11.8. The number of urea groups is 1. The molecule has 120 valence electrons. The second kappa shape index (κ2) is 9.16. The molecule has 0 atom stereocenters. The number of unbranched alkanes of at least 4 members (excludes halogenated alkanes) is 1. The maximum Gasteiger partial charge on any atom is 0.323 e. The Labute approximate surface area is 145 Å². The monoisotopic (exact) mass is 372 g/mol. The van der Waals surface area contributed by atoms with Gasteiger partial charge in [0.1, 0.15) is 0 Å². The number of halogens is 1. The van der Waals surface area contributed by atoms with E-state index in [4.69, 9.17) is 0 Å². The molecule has 23 heavy (non-hydrogen) atoms. The number of nitrogens with one attached hydrogen (secondary N) is 2. The second-order valence-corrected chi connectivity index (χ2v) is 6.20. The highest BCUT2D eigenvalue weighted by atomic mass is 79.9. The molecule has 0 fully saturated rings. The number of benzene rings is 2. The van der Waals surface area contributed by atoms with Crippen LogP contribution in [0, 0.1) is 0 Å². The van der Waals surface area contributed by atoms with Gasteiger partial charge < -0.3 is 10.6 Å². The van der Waals surface area contributed by atoms with Crippen molar-refractivity contribution in [3.63, 3.8) is 0 Å². The highest BCUT2D eigenvalue weighted by Crippen LogP contribution is 2.12. The van der Waals surface area contributed by atoms with Crippen molar-refractivity contribution in [1.29, 1.82) is 0 Å². The highest BCUT2D eigenvalue weighted by molar-refractivity contribution is 9.10. The van der Waals surface area contributed by atoms with E-state index in [2.05, 4.69) is 45.6 Å². The fourth-order valence-corrected chi connectivity index (χ4v) is 2.35. The topological polar surface area (TPSA) is 41.1 Å². The van der Waals surface area contributed by atoms with Crippen molar-refractivity contribution in [2.45, 2.75) is 26.2 Å². The summed E-state index contributed by atoms with van der Waals surface area (Å²) < 4.78 is 1.03. The van der Waals surface area contributed by atoms with Gasteiger partial charge in [-0.3, -0.25) is 0 Å². The van der Waals surface area contributed by atoms with Crippen LogP contribution in [0.25, 0.3) is 6.08 Å². The number of hydrogen-bond acceptors (Lipinski definition) is 1. The van der Waals surface area contributed by atoms with E-state index >= 15 is 0 Å². The van der Waals surface area contributed by atoms with Crippen LogP contribution in [0.15, 0.2) is 59.2 Å². The molecule has 0 radical (unpaired) electrons. The van der Waals surface area contributed by atoms with Gasteiger partial charge in [0.05, 0.1) is 0 Å². The highest BCUT2D eigenvalue weighted by Gasteiger charge is 1.99. The van der Waals surface area contributed by atoms with Gasteiger partial charge in [-0.1, -0.05) is 53.5 Å². The molecule has 2 aromatic carbocycles. The molecule has 0 unspecified atom stereocenters. The van der Waals surface area contributed by atoms with E-state index in [1.54, 1.807) is 6.20 Å². The Morgan fingerprint density at radius 2 is 1.78 bits per heavy atom. The zero-order valence-corrected chi connectivity index (χ0v) is 14.8. The Bertz CT molecular complexity index is 648. The molecule has 0 aliphatic rings. The second-order valence-electron chi connectivity index (χ2n) is 5.28. The van der Waals surface area contributed by atoms with Crippen LogP contribution in [-0.4, -0.2) is 6.03 Å². The lowest BCUT2D eigenvalue weighted by molar-refractivity contribution is 0.255. The van der Waals surface area contributed by atoms with E-state index in [0.717, 1.165) is 22.1 Å². The molecule has 0 heterocycles. The first-order valence-corrected chi connectivity index (χ1v) is 8.55. The summed E-state index contributed by atoms with van der Waals surface area (Å²) >= 11 is 3.39. The SMILES string of the molecule is CCCCc1ccc(NC(=O)N/C=C/c2ccc(Br)cc2)cc1. The molecule has 0 aliphatic carbocycles. The lowest BCUT2D eigenvalue weighted by Crippen LogP contribution is -2.23. The molecule has 2 N–H and O–H groups in total. The molecule has 0 aliphatic heterocycles. The molecular formula is C19H21BrN2O. The Morgan fingerprint density at radius 3 is 2.43 bits per heavy atom. The Hall–Kier alpha value is -2.07. The number of rotatable bonds is 6. The zero-order valence-electron chi connectivity index (χ0n) is 13.2. The lowest BCUT2D eigenvalue weighted by Gasteiger charge is -2.06. The zero-order chi connectivity index (χ0) is 16.5. The van der Waals surface area contributed by atoms with E-state index < -0.39 is 0 Å².